The van der Waals surface area contributed by atoms with Crippen molar-refractivity contribution in [1.29, 1.82) is 0 Å². The maximum atomic E-state index is 12.5. The van der Waals surface area contributed by atoms with Crippen LogP contribution >= 0.6 is 0 Å². The Morgan fingerprint density at radius 3 is 2.46 bits per heavy atom. The smallest absolute Gasteiger partial charge is 0.327 e. The summed E-state index contributed by atoms with van der Waals surface area (Å²) in [5.74, 6) is 0.130. The standard InChI is InChI=1S/C19H21N3O4/c1-20(17(23)12-22-18(24)11-21(2)19(22)25)10-13-8-9-16(26-3)15-7-5-4-6-14(13)15/h4-9H,10-12H2,1-3H3. The zero-order valence-electron chi connectivity index (χ0n) is 15.1. The number of benzene rings is 2. The fourth-order valence-corrected chi connectivity index (χ4v) is 3.07. The number of ether oxygens (including phenoxy) is 1. The van der Waals surface area contributed by atoms with E-state index >= 15 is 0 Å². The molecule has 0 aliphatic carbocycles. The lowest BCUT2D eigenvalue weighted by atomic mass is 10.0. The van der Waals surface area contributed by atoms with Crippen molar-refractivity contribution in [2.45, 2.75) is 6.54 Å². The molecule has 4 amide bonds. The molecule has 2 aromatic rings. The average Bonchev–Trinajstić information content (AvgIpc) is 2.88. The lowest BCUT2D eigenvalue weighted by molar-refractivity contribution is -0.135. The second-order valence-corrected chi connectivity index (χ2v) is 6.34. The molecule has 3 rings (SSSR count). The molecule has 0 radical (unpaired) electrons. The van der Waals surface area contributed by atoms with E-state index in [0.29, 0.717) is 6.54 Å². The van der Waals surface area contributed by atoms with Gasteiger partial charge in [-0.25, -0.2) is 4.79 Å². The van der Waals surface area contributed by atoms with E-state index in [-0.39, 0.29) is 24.9 Å². The Balaban J connectivity index is 1.77. The number of urea groups is 1. The van der Waals surface area contributed by atoms with Crippen molar-refractivity contribution in [2.75, 3.05) is 34.3 Å². The van der Waals surface area contributed by atoms with Gasteiger partial charge in [-0.05, 0) is 17.0 Å². The second kappa shape index (κ2) is 7.03. The molecule has 7 nitrogen and oxygen atoms in total. The third-order valence-electron chi connectivity index (χ3n) is 4.55. The van der Waals surface area contributed by atoms with Gasteiger partial charge in [0.05, 0.1) is 7.11 Å². The molecule has 1 aliphatic rings. The molecule has 0 saturated carbocycles. The molecule has 1 saturated heterocycles. The first-order valence-electron chi connectivity index (χ1n) is 8.26. The van der Waals surface area contributed by atoms with Gasteiger partial charge >= 0.3 is 6.03 Å². The van der Waals surface area contributed by atoms with Crippen molar-refractivity contribution in [1.82, 2.24) is 14.7 Å². The van der Waals surface area contributed by atoms with Crippen molar-refractivity contribution in [3.8, 4) is 5.75 Å². The molecule has 0 bridgehead atoms. The first-order valence-corrected chi connectivity index (χ1v) is 8.26. The molecule has 0 N–H and O–H groups in total. The highest BCUT2D eigenvalue weighted by molar-refractivity contribution is 6.04. The fourth-order valence-electron chi connectivity index (χ4n) is 3.07. The van der Waals surface area contributed by atoms with Crippen molar-refractivity contribution in [3.63, 3.8) is 0 Å². The Hall–Kier alpha value is -3.09. The third kappa shape index (κ3) is 3.20. The van der Waals surface area contributed by atoms with Crippen LogP contribution in [0, 0.1) is 0 Å². The highest BCUT2D eigenvalue weighted by Crippen LogP contribution is 2.28. The number of rotatable bonds is 5. The Morgan fingerprint density at radius 2 is 1.85 bits per heavy atom. The molecule has 26 heavy (non-hydrogen) atoms. The number of hydrogen-bond acceptors (Lipinski definition) is 4. The van der Waals surface area contributed by atoms with E-state index in [0.717, 1.165) is 27.0 Å². The number of hydrogen-bond donors (Lipinski definition) is 0. The van der Waals surface area contributed by atoms with Crippen LogP contribution in [0.4, 0.5) is 4.79 Å². The van der Waals surface area contributed by atoms with Gasteiger partial charge in [-0.2, -0.15) is 0 Å². The summed E-state index contributed by atoms with van der Waals surface area (Å²) in [5, 5.41) is 1.97. The van der Waals surface area contributed by atoms with E-state index in [1.165, 1.54) is 16.8 Å². The lowest BCUT2D eigenvalue weighted by Crippen LogP contribution is -2.41. The molecule has 1 fully saturated rings. The van der Waals surface area contributed by atoms with Crippen LogP contribution in [0.1, 0.15) is 5.56 Å². The molecule has 0 unspecified atom stereocenters. The molecule has 1 heterocycles. The number of nitrogens with zero attached hydrogens (tertiary/aromatic N) is 3. The Bertz CT molecular complexity index is 880. The SMILES string of the molecule is COc1ccc(CN(C)C(=O)CN2C(=O)CN(C)C2=O)c2ccccc12. The molecule has 0 spiro atoms. The van der Waals surface area contributed by atoms with Gasteiger partial charge in [-0.15, -0.1) is 0 Å². The number of methoxy groups -OCH3 is 1. The summed E-state index contributed by atoms with van der Waals surface area (Å²) >= 11 is 0. The van der Waals surface area contributed by atoms with Gasteiger partial charge in [0.2, 0.25) is 5.91 Å². The normalized spacial score (nSPS) is 14.3. The quantitative estimate of drug-likeness (QED) is 0.766. The molecular weight excluding hydrogens is 334 g/mol. The maximum Gasteiger partial charge on any atom is 0.327 e. The number of fused-ring (bicyclic) bond motifs is 1. The van der Waals surface area contributed by atoms with Crippen LogP contribution in [0.5, 0.6) is 5.75 Å². The molecule has 0 aromatic heterocycles. The van der Waals surface area contributed by atoms with Crippen LogP contribution in [0.25, 0.3) is 10.8 Å². The van der Waals surface area contributed by atoms with Gasteiger partial charge in [0.25, 0.3) is 5.91 Å². The van der Waals surface area contributed by atoms with E-state index in [9.17, 15) is 14.4 Å². The molecular formula is C19H21N3O4. The van der Waals surface area contributed by atoms with Crippen molar-refractivity contribution in [2.24, 2.45) is 0 Å². The molecule has 0 atom stereocenters. The minimum absolute atomic E-state index is 0.0128. The summed E-state index contributed by atoms with van der Waals surface area (Å²) < 4.78 is 5.39. The zero-order chi connectivity index (χ0) is 18.8. The van der Waals surface area contributed by atoms with E-state index in [2.05, 4.69) is 0 Å². The van der Waals surface area contributed by atoms with Crippen molar-refractivity contribution in [3.05, 3.63) is 42.0 Å². The highest BCUT2D eigenvalue weighted by Gasteiger charge is 2.35. The Labute approximate surface area is 151 Å². The van der Waals surface area contributed by atoms with Gasteiger partial charge in [-0.3, -0.25) is 14.5 Å². The summed E-state index contributed by atoms with van der Waals surface area (Å²) in [6.45, 7) is 0.140. The maximum absolute atomic E-state index is 12.5. The monoisotopic (exact) mass is 355 g/mol. The lowest BCUT2D eigenvalue weighted by Gasteiger charge is -2.21. The summed E-state index contributed by atoms with van der Waals surface area (Å²) in [6, 6.07) is 11.2. The molecule has 2 aromatic carbocycles. The average molecular weight is 355 g/mol. The van der Waals surface area contributed by atoms with E-state index in [1.807, 2.05) is 36.4 Å². The van der Waals surface area contributed by atoms with Gasteiger partial charge in [0, 0.05) is 26.0 Å². The van der Waals surface area contributed by atoms with Crippen molar-refractivity contribution >= 4 is 28.6 Å². The van der Waals surface area contributed by atoms with Crippen LogP contribution in [-0.4, -0.2) is 66.8 Å². The van der Waals surface area contributed by atoms with Crippen molar-refractivity contribution < 1.29 is 19.1 Å². The number of amides is 4. The summed E-state index contributed by atoms with van der Waals surface area (Å²) in [4.78, 5) is 40.1. The van der Waals surface area contributed by atoms with E-state index in [4.69, 9.17) is 4.74 Å². The molecule has 1 aliphatic heterocycles. The molecule has 7 heteroatoms. The van der Waals surface area contributed by atoms with Crippen LogP contribution in [0.3, 0.4) is 0 Å². The predicted molar refractivity (Wildman–Crippen MR) is 96.7 cm³/mol. The van der Waals surface area contributed by atoms with E-state index in [1.54, 1.807) is 14.2 Å². The fraction of sp³-hybridized carbons (Fsp3) is 0.316. The minimum Gasteiger partial charge on any atom is -0.496 e. The number of carbonyl (C=O) groups is 3. The minimum atomic E-state index is -0.438. The zero-order valence-corrected chi connectivity index (χ0v) is 15.1. The van der Waals surface area contributed by atoms with Crippen LogP contribution in [0.2, 0.25) is 0 Å². The summed E-state index contributed by atoms with van der Waals surface area (Å²) in [7, 11) is 4.83. The largest absolute Gasteiger partial charge is 0.496 e. The summed E-state index contributed by atoms with van der Waals surface area (Å²) in [6.07, 6.45) is 0. The second-order valence-electron chi connectivity index (χ2n) is 6.34. The number of likely N-dealkylation sites (N-methyl/N-ethyl adjacent to an activating group) is 2. The molecule has 136 valence electrons. The van der Waals surface area contributed by atoms with Gasteiger partial charge in [0.15, 0.2) is 0 Å². The number of carbonyl (C=O) groups excluding carboxylic acids is 3. The summed E-state index contributed by atoms with van der Waals surface area (Å²) in [5.41, 5.74) is 0.966. The van der Waals surface area contributed by atoms with Gasteiger partial charge in [0.1, 0.15) is 18.8 Å². The first kappa shape index (κ1) is 17.7. The number of imide groups is 1. The highest BCUT2D eigenvalue weighted by atomic mass is 16.5. The van der Waals surface area contributed by atoms with Crippen LogP contribution in [0.15, 0.2) is 36.4 Å². The van der Waals surface area contributed by atoms with E-state index < -0.39 is 6.03 Å². The van der Waals surface area contributed by atoms with Crippen LogP contribution < -0.4 is 4.74 Å². The van der Waals surface area contributed by atoms with Gasteiger partial charge < -0.3 is 14.5 Å². The van der Waals surface area contributed by atoms with Crippen LogP contribution in [-0.2, 0) is 16.1 Å². The van der Waals surface area contributed by atoms with Gasteiger partial charge in [-0.1, -0.05) is 30.3 Å². The predicted octanol–water partition coefficient (Wildman–Crippen LogP) is 1.70. The first-order chi connectivity index (χ1) is 12.4. The third-order valence-corrected chi connectivity index (χ3v) is 4.55. The Kier molecular flexibility index (Phi) is 4.79. The Morgan fingerprint density at radius 1 is 1.15 bits per heavy atom. The topological polar surface area (TPSA) is 70.2 Å².